The van der Waals surface area contributed by atoms with E-state index in [1.807, 2.05) is 38.1 Å². The number of nitrogens with zero attached hydrogens (tertiary/aromatic N) is 1. The number of amides is 2. The Kier molecular flexibility index (Phi) is 5.11. The van der Waals surface area contributed by atoms with E-state index in [-0.39, 0.29) is 11.5 Å². The van der Waals surface area contributed by atoms with Gasteiger partial charge in [0, 0.05) is 0 Å². The number of aryl methyl sites for hydroxylation is 2. The molecule has 0 fully saturated rings. The molecule has 0 aliphatic carbocycles. The van der Waals surface area contributed by atoms with Gasteiger partial charge < -0.3 is 4.42 Å². The summed E-state index contributed by atoms with van der Waals surface area (Å²) in [6.07, 6.45) is 1.56. The largest absolute Gasteiger partial charge is 0.468 e. The summed E-state index contributed by atoms with van der Waals surface area (Å²) in [6, 6.07) is 14.9. The van der Waals surface area contributed by atoms with Crippen LogP contribution in [0.1, 0.15) is 22.5 Å². The lowest BCUT2D eigenvalue weighted by Gasteiger charge is -2.18. The van der Waals surface area contributed by atoms with E-state index in [1.165, 1.54) is 40.9 Å². The molecular formula is C23H18FNO3S. The van der Waals surface area contributed by atoms with Crippen LogP contribution >= 0.6 is 11.8 Å². The van der Waals surface area contributed by atoms with Gasteiger partial charge in [-0.25, -0.2) is 9.29 Å². The maximum atomic E-state index is 13.4. The molecule has 0 saturated carbocycles. The van der Waals surface area contributed by atoms with E-state index in [9.17, 15) is 14.0 Å². The van der Waals surface area contributed by atoms with Gasteiger partial charge in [-0.05, 0) is 60.9 Å². The van der Waals surface area contributed by atoms with Gasteiger partial charge in [0.25, 0.3) is 11.8 Å². The fourth-order valence-corrected chi connectivity index (χ4v) is 4.25. The second-order valence-electron chi connectivity index (χ2n) is 6.81. The van der Waals surface area contributed by atoms with Crippen molar-refractivity contribution in [1.82, 2.24) is 0 Å². The number of furan rings is 1. The molecule has 0 unspecified atom stereocenters. The van der Waals surface area contributed by atoms with Crippen molar-refractivity contribution in [2.24, 2.45) is 0 Å². The Morgan fingerprint density at radius 1 is 1.00 bits per heavy atom. The smallest absolute Gasteiger partial charge is 0.272 e. The molecule has 1 aliphatic heterocycles. The highest BCUT2D eigenvalue weighted by Gasteiger charge is 2.40. The first-order valence-electron chi connectivity index (χ1n) is 9.07. The summed E-state index contributed by atoms with van der Waals surface area (Å²) in [6.45, 7) is 3.77. The van der Waals surface area contributed by atoms with Crippen LogP contribution in [0.15, 0.2) is 70.2 Å². The van der Waals surface area contributed by atoms with Crippen LogP contribution in [-0.2, 0) is 15.3 Å². The Bertz CT molecular complexity index is 1120. The third-order valence-electron chi connectivity index (χ3n) is 4.72. The zero-order valence-corrected chi connectivity index (χ0v) is 16.8. The lowest BCUT2D eigenvalue weighted by Crippen LogP contribution is -2.32. The predicted octanol–water partition coefficient (Wildman–Crippen LogP) is 5.25. The number of rotatable bonds is 5. The Hall–Kier alpha value is -3.12. The van der Waals surface area contributed by atoms with Crippen molar-refractivity contribution in [2.45, 2.75) is 19.6 Å². The number of benzene rings is 2. The summed E-state index contributed by atoms with van der Waals surface area (Å²) in [7, 11) is 0. The van der Waals surface area contributed by atoms with E-state index < -0.39 is 11.7 Å². The Morgan fingerprint density at radius 2 is 1.76 bits per heavy atom. The molecule has 4 nitrogen and oxygen atoms in total. The molecule has 2 amide bonds. The third-order valence-corrected chi connectivity index (χ3v) is 5.81. The minimum absolute atomic E-state index is 0.285. The van der Waals surface area contributed by atoms with Crippen molar-refractivity contribution in [3.05, 3.63) is 94.0 Å². The Balaban J connectivity index is 1.78. The summed E-state index contributed by atoms with van der Waals surface area (Å²) in [5, 5.41) is 0. The van der Waals surface area contributed by atoms with Crippen LogP contribution < -0.4 is 4.90 Å². The Morgan fingerprint density at radius 3 is 2.45 bits per heavy atom. The van der Waals surface area contributed by atoms with E-state index >= 15 is 0 Å². The Labute approximate surface area is 172 Å². The molecule has 0 atom stereocenters. The average molecular weight is 407 g/mol. The number of carbonyl (C=O) groups excluding carboxylic acids is 2. The molecule has 29 heavy (non-hydrogen) atoms. The minimum Gasteiger partial charge on any atom is -0.468 e. The summed E-state index contributed by atoms with van der Waals surface area (Å²) in [5.41, 5.74) is 3.14. The van der Waals surface area contributed by atoms with Crippen molar-refractivity contribution in [1.29, 1.82) is 0 Å². The van der Waals surface area contributed by atoms with Crippen molar-refractivity contribution in [3.63, 3.8) is 0 Å². The molecule has 6 heteroatoms. The summed E-state index contributed by atoms with van der Waals surface area (Å²) in [5.74, 6) is -0.0716. The van der Waals surface area contributed by atoms with Gasteiger partial charge in [0.05, 0.1) is 28.2 Å². The van der Waals surface area contributed by atoms with Crippen LogP contribution in [0.25, 0.3) is 5.57 Å². The molecule has 0 radical (unpaired) electrons. The maximum Gasteiger partial charge on any atom is 0.272 e. The predicted molar refractivity (Wildman–Crippen MR) is 112 cm³/mol. The number of hydrogen-bond donors (Lipinski definition) is 0. The van der Waals surface area contributed by atoms with E-state index in [0.717, 1.165) is 11.1 Å². The number of anilines is 1. The van der Waals surface area contributed by atoms with Crippen molar-refractivity contribution < 1.29 is 18.4 Å². The summed E-state index contributed by atoms with van der Waals surface area (Å²) in [4.78, 5) is 28.2. The van der Waals surface area contributed by atoms with Crippen LogP contribution in [0.5, 0.6) is 0 Å². The number of thioether (sulfide) groups is 1. The lowest BCUT2D eigenvalue weighted by molar-refractivity contribution is -0.119. The zero-order chi connectivity index (χ0) is 20.5. The van der Waals surface area contributed by atoms with Gasteiger partial charge in [-0.3, -0.25) is 9.59 Å². The molecular weight excluding hydrogens is 389 g/mol. The van der Waals surface area contributed by atoms with E-state index in [2.05, 4.69) is 0 Å². The first-order chi connectivity index (χ1) is 14.0. The molecule has 2 heterocycles. The molecule has 146 valence electrons. The highest BCUT2D eigenvalue weighted by molar-refractivity contribution is 8.03. The van der Waals surface area contributed by atoms with Gasteiger partial charge in [0.2, 0.25) is 0 Å². The monoisotopic (exact) mass is 407 g/mol. The molecule has 0 bridgehead atoms. The first kappa shape index (κ1) is 19.2. The fourth-order valence-electron chi connectivity index (χ4n) is 3.23. The van der Waals surface area contributed by atoms with Crippen LogP contribution in [0.4, 0.5) is 10.1 Å². The number of hydrogen-bond acceptors (Lipinski definition) is 4. The highest BCUT2D eigenvalue weighted by Crippen LogP contribution is 2.40. The lowest BCUT2D eigenvalue weighted by atomic mass is 10.1. The molecule has 4 rings (SSSR count). The van der Waals surface area contributed by atoms with E-state index in [4.69, 9.17) is 4.42 Å². The minimum atomic E-state index is -0.405. The van der Waals surface area contributed by atoms with E-state index in [1.54, 1.807) is 12.3 Å². The molecule has 1 aliphatic rings. The molecule has 3 aromatic rings. The summed E-state index contributed by atoms with van der Waals surface area (Å²) >= 11 is 1.25. The second-order valence-corrected chi connectivity index (χ2v) is 7.80. The van der Waals surface area contributed by atoms with Crippen molar-refractivity contribution >= 4 is 34.8 Å². The molecule has 2 aromatic carbocycles. The molecule has 0 saturated heterocycles. The highest BCUT2D eigenvalue weighted by atomic mass is 32.2. The van der Waals surface area contributed by atoms with Gasteiger partial charge in [-0.15, -0.1) is 11.8 Å². The van der Waals surface area contributed by atoms with Gasteiger partial charge in [0.15, 0.2) is 0 Å². The number of carbonyl (C=O) groups is 2. The van der Waals surface area contributed by atoms with Crippen LogP contribution in [0.2, 0.25) is 0 Å². The second kappa shape index (κ2) is 7.72. The van der Waals surface area contributed by atoms with Gasteiger partial charge in [0.1, 0.15) is 11.6 Å². The molecule has 0 spiro atoms. The number of imide groups is 1. The van der Waals surface area contributed by atoms with E-state index in [0.29, 0.717) is 27.7 Å². The van der Waals surface area contributed by atoms with Crippen molar-refractivity contribution in [3.8, 4) is 0 Å². The standard InChI is InChI=1S/C23H18FNO3S/c1-14-5-6-15(2)19(12-14)25-22(26)20(16-7-9-17(24)10-8-16)21(23(25)27)29-13-18-4-3-11-28-18/h3-12H,13H2,1-2H3. The average Bonchev–Trinajstić information content (AvgIpc) is 3.30. The normalized spacial score (nSPS) is 14.2. The fraction of sp³-hybridized carbons (Fsp3) is 0.130. The van der Waals surface area contributed by atoms with Crippen molar-refractivity contribution in [2.75, 3.05) is 4.90 Å². The van der Waals surface area contributed by atoms with Crippen LogP contribution in [-0.4, -0.2) is 11.8 Å². The van der Waals surface area contributed by atoms with Gasteiger partial charge in [-0.1, -0.05) is 24.3 Å². The molecule has 0 N–H and O–H groups in total. The van der Waals surface area contributed by atoms with Gasteiger partial charge in [-0.2, -0.15) is 0 Å². The summed E-state index contributed by atoms with van der Waals surface area (Å²) < 4.78 is 18.8. The molecule has 1 aromatic heterocycles. The quantitative estimate of drug-likeness (QED) is 0.542. The first-order valence-corrected chi connectivity index (χ1v) is 10.1. The zero-order valence-electron chi connectivity index (χ0n) is 15.9. The van der Waals surface area contributed by atoms with Gasteiger partial charge >= 0.3 is 0 Å². The number of halogens is 1. The third kappa shape index (κ3) is 3.63. The SMILES string of the molecule is Cc1ccc(C)c(N2C(=O)C(SCc3ccco3)=C(c3ccc(F)cc3)C2=O)c1. The topological polar surface area (TPSA) is 50.5 Å². The maximum absolute atomic E-state index is 13.4. The van der Waals surface area contributed by atoms with Crippen LogP contribution in [0.3, 0.4) is 0 Å². The van der Waals surface area contributed by atoms with Crippen LogP contribution in [0, 0.1) is 19.7 Å².